The molecule has 1 aliphatic heterocycles. The predicted molar refractivity (Wildman–Crippen MR) is 54.9 cm³/mol. The fraction of sp³-hybridized carbons (Fsp3) is 0.909. The molecule has 4 heteroatoms. The average Bonchev–Trinajstić information content (AvgIpc) is 2.63. The van der Waals surface area contributed by atoms with E-state index in [1.807, 2.05) is 0 Å². The first kappa shape index (κ1) is 10.9. The van der Waals surface area contributed by atoms with Crippen LogP contribution in [0.3, 0.4) is 0 Å². The van der Waals surface area contributed by atoms with Crippen LogP contribution >= 0.6 is 0 Å². The molecule has 1 saturated heterocycles. The van der Waals surface area contributed by atoms with Gasteiger partial charge in [0.25, 0.3) is 0 Å². The van der Waals surface area contributed by atoms with Gasteiger partial charge >= 0.3 is 0 Å². The summed E-state index contributed by atoms with van der Waals surface area (Å²) in [6, 6.07) is 0. The number of β-amino-alcohol motifs (C(OH)–C–C–N with tert-alkyl or cyclic N) is 1. The molecule has 1 atom stereocenters. The van der Waals surface area contributed by atoms with Crippen LogP contribution in [0.25, 0.3) is 0 Å². The van der Waals surface area contributed by atoms with Crippen LogP contribution in [0.1, 0.15) is 38.5 Å². The van der Waals surface area contributed by atoms with E-state index in [-0.39, 0.29) is 18.6 Å². The summed E-state index contributed by atoms with van der Waals surface area (Å²) in [5.41, 5.74) is 0. The normalized spacial score (nSPS) is 28.7. The van der Waals surface area contributed by atoms with Gasteiger partial charge in [0, 0.05) is 0 Å². The van der Waals surface area contributed by atoms with Gasteiger partial charge in [-0.3, -0.25) is 9.63 Å². The summed E-state index contributed by atoms with van der Waals surface area (Å²) >= 11 is 0. The van der Waals surface area contributed by atoms with Crippen LogP contribution in [0.5, 0.6) is 0 Å². The van der Waals surface area contributed by atoms with Crippen molar-refractivity contribution in [2.24, 2.45) is 5.92 Å². The number of rotatable bonds is 3. The maximum Gasteiger partial charge on any atom is 0.248 e. The molecule has 1 amide bonds. The molecule has 0 aromatic rings. The Morgan fingerprint density at radius 1 is 1.33 bits per heavy atom. The van der Waals surface area contributed by atoms with E-state index in [4.69, 9.17) is 9.94 Å². The Balaban J connectivity index is 1.87. The van der Waals surface area contributed by atoms with Gasteiger partial charge in [-0.05, 0) is 18.8 Å². The first-order chi connectivity index (χ1) is 7.31. The van der Waals surface area contributed by atoms with E-state index in [0.717, 1.165) is 0 Å². The second-order valence-corrected chi connectivity index (χ2v) is 4.47. The Morgan fingerprint density at radius 2 is 2.07 bits per heavy atom. The van der Waals surface area contributed by atoms with Crippen molar-refractivity contribution in [3.8, 4) is 0 Å². The van der Waals surface area contributed by atoms with Crippen molar-refractivity contribution in [2.45, 2.75) is 44.6 Å². The third-order valence-corrected chi connectivity index (χ3v) is 3.40. The van der Waals surface area contributed by atoms with Gasteiger partial charge in [-0.1, -0.05) is 19.3 Å². The van der Waals surface area contributed by atoms with Crippen molar-refractivity contribution in [2.75, 3.05) is 13.2 Å². The molecule has 0 spiro atoms. The van der Waals surface area contributed by atoms with Crippen LogP contribution in [0, 0.1) is 5.92 Å². The number of aliphatic hydroxyl groups excluding tert-OH is 1. The summed E-state index contributed by atoms with van der Waals surface area (Å²) < 4.78 is 0. The smallest absolute Gasteiger partial charge is 0.248 e. The summed E-state index contributed by atoms with van der Waals surface area (Å²) in [4.78, 5) is 17.1. The average molecular weight is 213 g/mol. The lowest BCUT2D eigenvalue weighted by Gasteiger charge is -2.26. The van der Waals surface area contributed by atoms with Crippen molar-refractivity contribution >= 4 is 5.91 Å². The zero-order valence-corrected chi connectivity index (χ0v) is 9.02. The van der Waals surface area contributed by atoms with Gasteiger partial charge < -0.3 is 5.11 Å². The monoisotopic (exact) mass is 213 g/mol. The molecule has 1 aliphatic carbocycles. The summed E-state index contributed by atoms with van der Waals surface area (Å²) in [6.45, 7) is 0.283. The highest BCUT2D eigenvalue weighted by Gasteiger charge is 2.36. The molecule has 1 unspecified atom stereocenters. The van der Waals surface area contributed by atoms with E-state index in [1.54, 1.807) is 0 Å². The quantitative estimate of drug-likeness (QED) is 0.763. The van der Waals surface area contributed by atoms with Crippen molar-refractivity contribution in [3.63, 3.8) is 0 Å². The zero-order chi connectivity index (χ0) is 10.7. The van der Waals surface area contributed by atoms with E-state index >= 15 is 0 Å². The van der Waals surface area contributed by atoms with Crippen molar-refractivity contribution in [3.05, 3.63) is 0 Å². The number of hydrogen-bond donors (Lipinski definition) is 1. The van der Waals surface area contributed by atoms with Crippen molar-refractivity contribution in [1.29, 1.82) is 0 Å². The molecule has 1 saturated carbocycles. The number of carbonyl (C=O) groups is 1. The van der Waals surface area contributed by atoms with E-state index < -0.39 is 0 Å². The number of hydrogen-bond acceptors (Lipinski definition) is 3. The second-order valence-electron chi connectivity index (χ2n) is 4.47. The molecule has 2 aliphatic rings. The van der Waals surface area contributed by atoms with Crippen LogP contribution in [0.4, 0.5) is 0 Å². The highest BCUT2D eigenvalue weighted by atomic mass is 16.7. The molecule has 0 aromatic carbocycles. The Labute approximate surface area is 90.2 Å². The summed E-state index contributed by atoms with van der Waals surface area (Å²) in [6.07, 6.45) is 6.79. The zero-order valence-electron chi connectivity index (χ0n) is 9.02. The van der Waals surface area contributed by atoms with Gasteiger partial charge in [-0.15, -0.1) is 0 Å². The third kappa shape index (κ3) is 2.49. The SMILES string of the molecule is O=C1CC(C2CCCCC2)ON1CCO. The Kier molecular flexibility index (Phi) is 3.59. The molecule has 1 N–H and O–H groups in total. The second kappa shape index (κ2) is 4.94. The molecule has 0 radical (unpaired) electrons. The minimum Gasteiger partial charge on any atom is -0.394 e. The van der Waals surface area contributed by atoms with Gasteiger partial charge in [0.05, 0.1) is 25.7 Å². The van der Waals surface area contributed by atoms with Crippen LogP contribution in [-0.4, -0.2) is 35.3 Å². The van der Waals surface area contributed by atoms with E-state index in [2.05, 4.69) is 0 Å². The Hall–Kier alpha value is -0.610. The van der Waals surface area contributed by atoms with Gasteiger partial charge in [-0.25, -0.2) is 5.06 Å². The molecule has 1 heterocycles. The number of carbonyl (C=O) groups excluding carboxylic acids is 1. The molecular formula is C11H19NO3. The Bertz CT molecular complexity index is 226. The first-order valence-electron chi connectivity index (χ1n) is 5.89. The molecule has 0 bridgehead atoms. The lowest BCUT2D eigenvalue weighted by atomic mass is 9.84. The fourth-order valence-corrected chi connectivity index (χ4v) is 2.56. The highest BCUT2D eigenvalue weighted by Crippen LogP contribution is 2.32. The van der Waals surface area contributed by atoms with E-state index in [0.29, 0.717) is 18.9 Å². The van der Waals surface area contributed by atoms with Gasteiger partial charge in [0.15, 0.2) is 0 Å². The lowest BCUT2D eigenvalue weighted by Crippen LogP contribution is -2.28. The molecule has 0 aromatic heterocycles. The molecule has 15 heavy (non-hydrogen) atoms. The topological polar surface area (TPSA) is 49.8 Å². The van der Waals surface area contributed by atoms with Gasteiger partial charge in [-0.2, -0.15) is 0 Å². The van der Waals surface area contributed by atoms with Crippen molar-refractivity contribution < 1.29 is 14.7 Å². The van der Waals surface area contributed by atoms with Crippen LogP contribution in [0.2, 0.25) is 0 Å². The van der Waals surface area contributed by atoms with Crippen LogP contribution < -0.4 is 0 Å². The summed E-state index contributed by atoms with van der Waals surface area (Å²) in [7, 11) is 0. The summed E-state index contributed by atoms with van der Waals surface area (Å²) in [5.74, 6) is 0.575. The van der Waals surface area contributed by atoms with Gasteiger partial charge in [0.1, 0.15) is 0 Å². The number of amides is 1. The third-order valence-electron chi connectivity index (χ3n) is 3.40. The minimum atomic E-state index is -0.0247. The van der Waals surface area contributed by atoms with Gasteiger partial charge in [0.2, 0.25) is 5.91 Å². The summed E-state index contributed by atoms with van der Waals surface area (Å²) in [5, 5.41) is 10.1. The van der Waals surface area contributed by atoms with Crippen LogP contribution in [0.15, 0.2) is 0 Å². The highest BCUT2D eigenvalue weighted by molar-refractivity contribution is 5.77. The Morgan fingerprint density at radius 3 is 2.73 bits per heavy atom. The fourth-order valence-electron chi connectivity index (χ4n) is 2.56. The van der Waals surface area contributed by atoms with Crippen LogP contribution in [-0.2, 0) is 9.63 Å². The number of nitrogens with zero attached hydrogens (tertiary/aromatic N) is 1. The maximum absolute atomic E-state index is 11.5. The molecule has 86 valence electrons. The maximum atomic E-state index is 11.5. The first-order valence-corrected chi connectivity index (χ1v) is 5.89. The molecular weight excluding hydrogens is 194 g/mol. The molecule has 2 fully saturated rings. The standard InChI is InChI=1S/C11H19NO3/c13-7-6-12-11(14)8-10(15-12)9-4-2-1-3-5-9/h9-10,13H,1-8H2. The number of hydroxylamine groups is 2. The minimum absolute atomic E-state index is 0.0247. The number of aliphatic hydroxyl groups is 1. The predicted octanol–water partition coefficient (Wildman–Crippen LogP) is 1.09. The van der Waals surface area contributed by atoms with E-state index in [1.165, 1.54) is 37.2 Å². The largest absolute Gasteiger partial charge is 0.394 e. The molecule has 2 rings (SSSR count). The molecule has 4 nitrogen and oxygen atoms in total. The lowest BCUT2D eigenvalue weighted by molar-refractivity contribution is -0.182. The van der Waals surface area contributed by atoms with E-state index in [9.17, 15) is 4.79 Å². The van der Waals surface area contributed by atoms with Crippen molar-refractivity contribution in [1.82, 2.24) is 5.06 Å².